The van der Waals surface area contributed by atoms with Crippen LogP contribution in [0.4, 0.5) is 0 Å². The lowest BCUT2D eigenvalue weighted by atomic mass is 10.2. The third-order valence-corrected chi connectivity index (χ3v) is 2.30. The summed E-state index contributed by atoms with van der Waals surface area (Å²) in [5, 5.41) is 11.0. The fourth-order valence-electron chi connectivity index (χ4n) is 1.43. The van der Waals surface area contributed by atoms with E-state index in [-0.39, 0.29) is 6.04 Å². The van der Waals surface area contributed by atoms with Crippen LogP contribution in [0.15, 0.2) is 22.8 Å². The maximum absolute atomic E-state index is 11.2. The number of rotatable bonds is 6. The van der Waals surface area contributed by atoms with Gasteiger partial charge >= 0.3 is 5.97 Å². The average molecular weight is 240 g/mol. The lowest BCUT2D eigenvalue weighted by Gasteiger charge is -2.22. The molecule has 0 spiro atoms. The minimum atomic E-state index is -1.14. The highest BCUT2D eigenvalue weighted by Gasteiger charge is 2.18. The molecule has 1 unspecified atom stereocenters. The van der Waals surface area contributed by atoms with Crippen LogP contribution < -0.4 is 5.32 Å². The molecular weight excluding hydrogens is 224 g/mol. The van der Waals surface area contributed by atoms with Gasteiger partial charge in [-0.25, -0.2) is 0 Å². The van der Waals surface area contributed by atoms with Gasteiger partial charge in [0, 0.05) is 6.54 Å². The van der Waals surface area contributed by atoms with E-state index in [9.17, 15) is 9.59 Å². The summed E-state index contributed by atoms with van der Waals surface area (Å²) in [5.41, 5.74) is 0. The van der Waals surface area contributed by atoms with E-state index < -0.39 is 18.3 Å². The van der Waals surface area contributed by atoms with E-state index in [1.807, 2.05) is 25.1 Å². The largest absolute Gasteiger partial charge is 0.481 e. The van der Waals surface area contributed by atoms with Crippen LogP contribution in [0.5, 0.6) is 0 Å². The number of carboxylic acids is 1. The Morgan fingerprint density at radius 3 is 2.71 bits per heavy atom. The number of hydrogen-bond acceptors (Lipinski definition) is 4. The highest BCUT2D eigenvalue weighted by atomic mass is 16.4. The molecule has 0 aliphatic rings. The van der Waals surface area contributed by atoms with Crippen LogP contribution >= 0.6 is 0 Å². The summed E-state index contributed by atoms with van der Waals surface area (Å²) < 4.78 is 5.26. The predicted molar refractivity (Wildman–Crippen MR) is 60.4 cm³/mol. The van der Waals surface area contributed by atoms with Gasteiger partial charge in [0.15, 0.2) is 0 Å². The Labute approximate surface area is 99.2 Å². The number of furan rings is 1. The Kier molecular flexibility index (Phi) is 4.71. The third-order valence-electron chi connectivity index (χ3n) is 2.30. The van der Waals surface area contributed by atoms with Crippen LogP contribution in [0, 0.1) is 0 Å². The number of nitrogens with one attached hydrogen (secondary N) is 1. The molecule has 2 N–H and O–H groups in total. The topological polar surface area (TPSA) is 82.8 Å². The number of aliphatic carboxylic acids is 1. The van der Waals surface area contributed by atoms with E-state index in [1.165, 1.54) is 0 Å². The summed E-state index contributed by atoms with van der Waals surface area (Å²) in [4.78, 5) is 23.4. The molecule has 0 aliphatic carbocycles. The first-order valence-corrected chi connectivity index (χ1v) is 5.19. The van der Waals surface area contributed by atoms with Gasteiger partial charge < -0.3 is 14.8 Å². The number of nitrogens with zero attached hydrogens (tertiary/aromatic N) is 1. The summed E-state index contributed by atoms with van der Waals surface area (Å²) >= 11 is 0. The molecule has 0 radical (unpaired) electrons. The summed E-state index contributed by atoms with van der Waals surface area (Å²) in [5.74, 6) is -0.913. The van der Waals surface area contributed by atoms with Crippen molar-refractivity contribution in [2.24, 2.45) is 0 Å². The van der Waals surface area contributed by atoms with Gasteiger partial charge in [-0.15, -0.1) is 0 Å². The van der Waals surface area contributed by atoms with Crippen molar-refractivity contribution in [3.05, 3.63) is 24.2 Å². The highest BCUT2D eigenvalue weighted by Crippen LogP contribution is 2.17. The first-order chi connectivity index (χ1) is 8.00. The molecule has 0 saturated heterocycles. The smallest absolute Gasteiger partial charge is 0.312 e. The van der Waals surface area contributed by atoms with Gasteiger partial charge in [-0.05, 0) is 26.2 Å². The van der Waals surface area contributed by atoms with Gasteiger partial charge in [0.05, 0.1) is 12.3 Å². The minimum absolute atomic E-state index is 0.109. The fourth-order valence-corrected chi connectivity index (χ4v) is 1.43. The Balaban J connectivity index is 2.52. The van der Waals surface area contributed by atoms with Crippen molar-refractivity contribution in [2.75, 3.05) is 20.6 Å². The van der Waals surface area contributed by atoms with Crippen molar-refractivity contribution < 1.29 is 19.1 Å². The molecule has 6 nitrogen and oxygen atoms in total. The van der Waals surface area contributed by atoms with Crippen molar-refractivity contribution in [3.8, 4) is 0 Å². The lowest BCUT2D eigenvalue weighted by Crippen LogP contribution is -2.35. The van der Waals surface area contributed by atoms with Gasteiger partial charge in [0.2, 0.25) is 5.91 Å². The van der Waals surface area contributed by atoms with Crippen LogP contribution in [-0.2, 0) is 9.59 Å². The molecule has 0 aliphatic heterocycles. The van der Waals surface area contributed by atoms with Crippen molar-refractivity contribution in [1.82, 2.24) is 10.2 Å². The van der Waals surface area contributed by atoms with Crippen molar-refractivity contribution in [3.63, 3.8) is 0 Å². The molecule has 0 bridgehead atoms. The van der Waals surface area contributed by atoms with E-state index in [4.69, 9.17) is 9.52 Å². The van der Waals surface area contributed by atoms with E-state index >= 15 is 0 Å². The minimum Gasteiger partial charge on any atom is -0.481 e. The molecule has 1 heterocycles. The second kappa shape index (κ2) is 6.05. The molecule has 0 aromatic carbocycles. The Hall–Kier alpha value is -1.82. The van der Waals surface area contributed by atoms with Crippen molar-refractivity contribution in [1.29, 1.82) is 0 Å². The van der Waals surface area contributed by atoms with E-state index in [0.717, 1.165) is 5.76 Å². The molecule has 0 saturated carbocycles. The monoisotopic (exact) mass is 240 g/mol. The molecule has 1 atom stereocenters. The summed E-state index contributed by atoms with van der Waals surface area (Å²) in [7, 11) is 3.72. The number of carboxylic acid groups (broad SMARTS) is 1. The van der Waals surface area contributed by atoms with Crippen LogP contribution in [0.1, 0.15) is 18.2 Å². The molecule has 94 valence electrons. The van der Waals surface area contributed by atoms with Gasteiger partial charge in [0.25, 0.3) is 0 Å². The maximum Gasteiger partial charge on any atom is 0.312 e. The zero-order valence-electron chi connectivity index (χ0n) is 9.84. The third kappa shape index (κ3) is 4.28. The summed E-state index contributed by atoms with van der Waals surface area (Å²) in [6.45, 7) is 0.312. The molecule has 0 fully saturated rings. The van der Waals surface area contributed by atoms with Crippen LogP contribution in [0.3, 0.4) is 0 Å². The molecule has 6 heteroatoms. The number of amides is 1. The summed E-state index contributed by atoms with van der Waals surface area (Å²) in [6, 6.07) is 3.47. The Bertz CT molecular complexity index is 373. The fraction of sp³-hybridized carbons (Fsp3) is 0.455. The van der Waals surface area contributed by atoms with E-state index in [2.05, 4.69) is 5.32 Å². The number of carbonyl (C=O) groups is 2. The van der Waals surface area contributed by atoms with Crippen LogP contribution in [0.25, 0.3) is 0 Å². The van der Waals surface area contributed by atoms with Crippen LogP contribution in [-0.4, -0.2) is 42.5 Å². The average Bonchev–Trinajstić information content (AvgIpc) is 2.69. The Morgan fingerprint density at radius 1 is 1.53 bits per heavy atom. The molecule has 1 aromatic rings. The van der Waals surface area contributed by atoms with Gasteiger partial charge in [0.1, 0.15) is 12.2 Å². The lowest BCUT2D eigenvalue weighted by molar-refractivity contribution is -0.140. The normalized spacial score (nSPS) is 12.4. The van der Waals surface area contributed by atoms with Gasteiger partial charge in [-0.2, -0.15) is 0 Å². The molecule has 17 heavy (non-hydrogen) atoms. The van der Waals surface area contributed by atoms with Crippen molar-refractivity contribution in [2.45, 2.75) is 12.5 Å². The van der Waals surface area contributed by atoms with E-state index in [1.54, 1.807) is 12.3 Å². The van der Waals surface area contributed by atoms with Gasteiger partial charge in [-0.1, -0.05) is 0 Å². The number of carbonyl (C=O) groups excluding carboxylic acids is 1. The molecule has 1 aromatic heterocycles. The maximum atomic E-state index is 11.2. The summed E-state index contributed by atoms with van der Waals surface area (Å²) in [6.07, 6.45) is 1.04. The predicted octanol–water partition coefficient (Wildman–Crippen LogP) is 0.473. The first kappa shape index (κ1) is 13.2. The van der Waals surface area contributed by atoms with Crippen LogP contribution in [0.2, 0.25) is 0 Å². The second-order valence-corrected chi connectivity index (χ2v) is 3.87. The van der Waals surface area contributed by atoms with Gasteiger partial charge in [-0.3, -0.25) is 14.5 Å². The molecule has 1 rings (SSSR count). The highest BCUT2D eigenvalue weighted by molar-refractivity contribution is 5.93. The number of likely N-dealkylation sites (N-methyl/N-ethyl adjacent to an activating group) is 1. The zero-order chi connectivity index (χ0) is 12.8. The SMILES string of the molecule is CN(C)C(CNC(=O)CC(=O)O)c1ccco1. The zero-order valence-corrected chi connectivity index (χ0v) is 9.84. The van der Waals surface area contributed by atoms with Crippen molar-refractivity contribution >= 4 is 11.9 Å². The standard InChI is InChI=1S/C11H16N2O4/c1-13(2)8(9-4-3-5-17-9)7-12-10(14)6-11(15)16/h3-5,8H,6-7H2,1-2H3,(H,12,14)(H,15,16). The second-order valence-electron chi connectivity index (χ2n) is 3.87. The molecular formula is C11H16N2O4. The Morgan fingerprint density at radius 2 is 2.24 bits per heavy atom. The van der Waals surface area contributed by atoms with E-state index in [0.29, 0.717) is 6.54 Å². The quantitative estimate of drug-likeness (QED) is 0.706. The number of hydrogen-bond donors (Lipinski definition) is 2. The first-order valence-electron chi connectivity index (χ1n) is 5.19. The molecule has 1 amide bonds.